The molecule has 4 heteroatoms. The van der Waals surface area contributed by atoms with Crippen molar-refractivity contribution in [1.82, 2.24) is 10.2 Å². The molecule has 1 atom stereocenters. The Morgan fingerprint density at radius 2 is 2.04 bits per heavy atom. The highest BCUT2D eigenvalue weighted by molar-refractivity contribution is 5.94. The summed E-state index contributed by atoms with van der Waals surface area (Å²) in [5.74, 6) is -0.0197. The molecular weight excluding hydrogens is 322 g/mol. The van der Waals surface area contributed by atoms with E-state index < -0.39 is 0 Å². The molecule has 1 aliphatic heterocycles. The third-order valence-electron chi connectivity index (χ3n) is 5.25. The van der Waals surface area contributed by atoms with Gasteiger partial charge in [0, 0.05) is 18.2 Å². The lowest BCUT2D eigenvalue weighted by molar-refractivity contribution is 0.0950. The Balaban J connectivity index is 1.60. The van der Waals surface area contributed by atoms with E-state index >= 15 is 0 Å². The quantitative estimate of drug-likeness (QED) is 0.896. The SMILES string of the molecule is Cc1cc(C#N)ccc1-c1ccc(C(=O)NCCC2CCCN2C)cc1. The average Bonchev–Trinajstić information content (AvgIpc) is 3.06. The highest BCUT2D eigenvalue weighted by Gasteiger charge is 2.20. The number of aryl methyl sites for hydroxylation is 1. The van der Waals surface area contributed by atoms with Crippen LogP contribution in [0.5, 0.6) is 0 Å². The third-order valence-corrected chi connectivity index (χ3v) is 5.25. The second kappa shape index (κ2) is 8.16. The molecule has 1 saturated heterocycles. The minimum Gasteiger partial charge on any atom is -0.352 e. The number of carbonyl (C=O) groups excluding carboxylic acids is 1. The van der Waals surface area contributed by atoms with Gasteiger partial charge < -0.3 is 10.2 Å². The molecule has 3 rings (SSSR count). The lowest BCUT2D eigenvalue weighted by Crippen LogP contribution is -2.31. The van der Waals surface area contributed by atoms with Gasteiger partial charge in [-0.15, -0.1) is 0 Å². The molecule has 26 heavy (non-hydrogen) atoms. The van der Waals surface area contributed by atoms with E-state index in [0.717, 1.165) is 29.7 Å². The maximum atomic E-state index is 12.3. The van der Waals surface area contributed by atoms with Crippen LogP contribution in [-0.4, -0.2) is 37.0 Å². The third kappa shape index (κ3) is 4.12. The summed E-state index contributed by atoms with van der Waals surface area (Å²) < 4.78 is 0. The molecule has 134 valence electrons. The number of likely N-dealkylation sites (tertiary alicyclic amines) is 1. The van der Waals surface area contributed by atoms with Crippen LogP contribution in [-0.2, 0) is 0 Å². The van der Waals surface area contributed by atoms with E-state index in [1.54, 1.807) is 0 Å². The Morgan fingerprint density at radius 1 is 1.27 bits per heavy atom. The van der Waals surface area contributed by atoms with Crippen LogP contribution >= 0.6 is 0 Å². The molecule has 1 unspecified atom stereocenters. The number of nitrogens with one attached hydrogen (secondary N) is 1. The minimum absolute atomic E-state index is 0.0197. The standard InChI is InChI=1S/C22H25N3O/c1-16-14-17(15-23)5-10-21(16)18-6-8-19(9-7-18)22(26)24-12-11-20-4-3-13-25(20)2/h5-10,14,20H,3-4,11-13H2,1-2H3,(H,24,26). The van der Waals surface area contributed by atoms with Crippen molar-refractivity contribution < 1.29 is 4.79 Å². The van der Waals surface area contributed by atoms with Gasteiger partial charge in [0.25, 0.3) is 5.91 Å². The highest BCUT2D eigenvalue weighted by atomic mass is 16.1. The molecule has 1 amide bonds. The summed E-state index contributed by atoms with van der Waals surface area (Å²) in [6, 6.07) is 16.1. The molecule has 1 aliphatic rings. The van der Waals surface area contributed by atoms with E-state index in [2.05, 4.69) is 23.3 Å². The summed E-state index contributed by atoms with van der Waals surface area (Å²) >= 11 is 0. The topological polar surface area (TPSA) is 56.1 Å². The van der Waals surface area contributed by atoms with Crippen molar-refractivity contribution in [3.8, 4) is 17.2 Å². The van der Waals surface area contributed by atoms with Crippen molar-refractivity contribution in [3.05, 3.63) is 59.2 Å². The van der Waals surface area contributed by atoms with Gasteiger partial charge in [-0.1, -0.05) is 18.2 Å². The van der Waals surface area contributed by atoms with Crippen LogP contribution in [0.25, 0.3) is 11.1 Å². The molecule has 0 saturated carbocycles. The van der Waals surface area contributed by atoms with Gasteiger partial charge in [-0.2, -0.15) is 5.26 Å². The zero-order valence-corrected chi connectivity index (χ0v) is 15.5. The van der Waals surface area contributed by atoms with Crippen molar-refractivity contribution in [2.75, 3.05) is 20.1 Å². The number of nitriles is 1. The van der Waals surface area contributed by atoms with Crippen LogP contribution in [0.15, 0.2) is 42.5 Å². The molecule has 4 nitrogen and oxygen atoms in total. The number of benzene rings is 2. The number of hydrogen-bond donors (Lipinski definition) is 1. The van der Waals surface area contributed by atoms with Gasteiger partial charge in [0.05, 0.1) is 11.6 Å². The fraction of sp³-hybridized carbons (Fsp3) is 0.364. The zero-order valence-electron chi connectivity index (χ0n) is 15.5. The van der Waals surface area contributed by atoms with Gasteiger partial charge in [-0.05, 0) is 80.7 Å². The first-order chi connectivity index (χ1) is 12.6. The molecule has 0 aromatic heterocycles. The first-order valence-electron chi connectivity index (χ1n) is 9.18. The van der Waals surface area contributed by atoms with Crippen molar-refractivity contribution in [3.63, 3.8) is 0 Å². The Labute approximate surface area is 155 Å². The average molecular weight is 347 g/mol. The van der Waals surface area contributed by atoms with E-state index in [-0.39, 0.29) is 5.91 Å². The largest absolute Gasteiger partial charge is 0.352 e. The Bertz CT molecular complexity index is 820. The van der Waals surface area contributed by atoms with Crippen molar-refractivity contribution >= 4 is 5.91 Å². The van der Waals surface area contributed by atoms with E-state index in [9.17, 15) is 4.79 Å². The minimum atomic E-state index is -0.0197. The fourth-order valence-corrected chi connectivity index (χ4v) is 3.66. The molecule has 1 N–H and O–H groups in total. The monoisotopic (exact) mass is 347 g/mol. The molecule has 0 radical (unpaired) electrons. The summed E-state index contributed by atoms with van der Waals surface area (Å²) in [4.78, 5) is 14.7. The summed E-state index contributed by atoms with van der Waals surface area (Å²) in [6.07, 6.45) is 3.49. The van der Waals surface area contributed by atoms with Crippen molar-refractivity contribution in [2.45, 2.75) is 32.2 Å². The second-order valence-corrected chi connectivity index (χ2v) is 7.04. The molecule has 2 aromatic carbocycles. The van der Waals surface area contributed by atoms with Crippen LogP contribution in [0, 0.1) is 18.3 Å². The van der Waals surface area contributed by atoms with Crippen molar-refractivity contribution in [2.24, 2.45) is 0 Å². The Kier molecular flexibility index (Phi) is 5.70. The van der Waals surface area contributed by atoms with Crippen LogP contribution in [0.1, 0.15) is 40.7 Å². The molecular formula is C22H25N3O. The summed E-state index contributed by atoms with van der Waals surface area (Å²) in [6.45, 7) is 3.87. The number of amides is 1. The predicted octanol–water partition coefficient (Wildman–Crippen LogP) is 3.75. The number of nitrogens with zero attached hydrogens (tertiary/aromatic N) is 2. The van der Waals surface area contributed by atoms with Crippen LogP contribution in [0.4, 0.5) is 0 Å². The summed E-state index contributed by atoms with van der Waals surface area (Å²) in [5.41, 5.74) is 4.54. The Hall–Kier alpha value is -2.64. The predicted molar refractivity (Wildman–Crippen MR) is 104 cm³/mol. The summed E-state index contributed by atoms with van der Waals surface area (Å²) in [5, 5.41) is 12.0. The van der Waals surface area contributed by atoms with Crippen molar-refractivity contribution in [1.29, 1.82) is 5.26 Å². The smallest absolute Gasteiger partial charge is 0.251 e. The molecule has 0 aliphatic carbocycles. The van der Waals surface area contributed by atoms with Crippen LogP contribution < -0.4 is 5.32 Å². The molecule has 0 spiro atoms. The van der Waals surface area contributed by atoms with Gasteiger partial charge in [-0.25, -0.2) is 0 Å². The second-order valence-electron chi connectivity index (χ2n) is 7.04. The van der Waals surface area contributed by atoms with E-state index in [0.29, 0.717) is 23.7 Å². The van der Waals surface area contributed by atoms with E-state index in [1.165, 1.54) is 12.8 Å². The lowest BCUT2D eigenvalue weighted by Gasteiger charge is -2.19. The Morgan fingerprint density at radius 3 is 2.65 bits per heavy atom. The van der Waals surface area contributed by atoms with Crippen LogP contribution in [0.3, 0.4) is 0 Å². The van der Waals surface area contributed by atoms with Gasteiger partial charge in [0.2, 0.25) is 0 Å². The number of hydrogen-bond acceptors (Lipinski definition) is 3. The maximum Gasteiger partial charge on any atom is 0.251 e. The number of carbonyl (C=O) groups is 1. The highest BCUT2D eigenvalue weighted by Crippen LogP contribution is 2.24. The van der Waals surface area contributed by atoms with E-state index in [4.69, 9.17) is 5.26 Å². The fourth-order valence-electron chi connectivity index (χ4n) is 3.66. The molecule has 1 heterocycles. The first-order valence-corrected chi connectivity index (χ1v) is 9.18. The zero-order chi connectivity index (χ0) is 18.5. The normalized spacial score (nSPS) is 17.0. The molecule has 1 fully saturated rings. The van der Waals surface area contributed by atoms with Crippen LogP contribution in [0.2, 0.25) is 0 Å². The number of rotatable bonds is 5. The van der Waals surface area contributed by atoms with Gasteiger partial charge >= 0.3 is 0 Å². The van der Waals surface area contributed by atoms with Gasteiger partial charge in [0.1, 0.15) is 0 Å². The summed E-state index contributed by atoms with van der Waals surface area (Å²) in [7, 11) is 2.16. The van der Waals surface area contributed by atoms with Gasteiger partial charge in [-0.3, -0.25) is 4.79 Å². The van der Waals surface area contributed by atoms with E-state index in [1.807, 2.05) is 49.4 Å². The van der Waals surface area contributed by atoms with Gasteiger partial charge in [0.15, 0.2) is 0 Å². The first kappa shape index (κ1) is 18.2. The molecule has 0 bridgehead atoms. The molecule has 2 aromatic rings. The lowest BCUT2D eigenvalue weighted by atomic mass is 9.98. The maximum absolute atomic E-state index is 12.3.